The van der Waals surface area contributed by atoms with Crippen molar-refractivity contribution in [3.8, 4) is 0 Å². The smallest absolute Gasteiger partial charge is 0.252 e. The van der Waals surface area contributed by atoms with Crippen LogP contribution >= 0.6 is 0 Å². The van der Waals surface area contributed by atoms with E-state index >= 15 is 0 Å². The molecule has 0 saturated heterocycles. The van der Waals surface area contributed by atoms with Gasteiger partial charge in [-0.25, -0.2) is 12.7 Å². The first-order valence-corrected chi connectivity index (χ1v) is 10.5. The van der Waals surface area contributed by atoms with E-state index in [4.69, 9.17) is 5.73 Å². The van der Waals surface area contributed by atoms with E-state index in [1.165, 1.54) is 20.3 Å². The number of nitrogens with two attached hydrogens (primary N) is 1. The van der Waals surface area contributed by atoms with Gasteiger partial charge in [0.2, 0.25) is 10.0 Å². The summed E-state index contributed by atoms with van der Waals surface area (Å²) in [5.41, 5.74) is 8.12. The van der Waals surface area contributed by atoms with Crippen molar-refractivity contribution in [3.63, 3.8) is 0 Å². The van der Waals surface area contributed by atoms with Crippen LogP contribution in [0.1, 0.15) is 27.3 Å². The quantitative estimate of drug-likeness (QED) is 0.557. The van der Waals surface area contributed by atoms with Gasteiger partial charge in [-0.2, -0.15) is 0 Å². The Balaban J connectivity index is 1.90. The first kappa shape index (κ1) is 21.3. The number of sulfonamides is 1. The Bertz CT molecular complexity index is 1150. The number of anilines is 1. The molecule has 30 heavy (non-hydrogen) atoms. The van der Waals surface area contributed by atoms with Crippen molar-refractivity contribution in [2.24, 2.45) is 5.73 Å². The van der Waals surface area contributed by atoms with Crippen molar-refractivity contribution < 1.29 is 13.2 Å². The Kier molecular flexibility index (Phi) is 6.38. The maximum Gasteiger partial charge on any atom is 0.252 e. The zero-order valence-corrected chi connectivity index (χ0v) is 17.4. The molecule has 0 aliphatic carbocycles. The molecule has 1 amide bonds. The Morgan fingerprint density at radius 3 is 2.53 bits per heavy atom. The van der Waals surface area contributed by atoms with Crippen LogP contribution in [-0.2, 0) is 23.0 Å². The van der Waals surface area contributed by atoms with E-state index in [9.17, 15) is 13.2 Å². The lowest BCUT2D eigenvalue weighted by molar-refractivity contribution is 0.100. The molecule has 0 aliphatic rings. The summed E-state index contributed by atoms with van der Waals surface area (Å²) in [5, 5.41) is 3.13. The number of nitrogens with zero attached hydrogens (tertiary/aromatic N) is 4. The van der Waals surface area contributed by atoms with E-state index in [2.05, 4.69) is 20.3 Å². The monoisotopic (exact) mass is 426 g/mol. The second-order valence-electron chi connectivity index (χ2n) is 6.71. The molecule has 3 rings (SSSR count). The number of pyridine rings is 1. The zero-order chi connectivity index (χ0) is 21.7. The summed E-state index contributed by atoms with van der Waals surface area (Å²) in [4.78, 5) is 24.6. The Morgan fingerprint density at radius 2 is 1.87 bits per heavy atom. The van der Waals surface area contributed by atoms with E-state index in [0.717, 1.165) is 10.00 Å². The zero-order valence-electron chi connectivity index (χ0n) is 16.6. The van der Waals surface area contributed by atoms with Crippen molar-refractivity contribution in [2.45, 2.75) is 17.9 Å². The number of primary amides is 1. The molecule has 0 bridgehead atoms. The average molecular weight is 427 g/mol. The molecular formula is C20H22N6O3S. The minimum absolute atomic E-state index is 0.179. The van der Waals surface area contributed by atoms with Crippen LogP contribution in [0.5, 0.6) is 0 Å². The number of aromatic nitrogens is 3. The van der Waals surface area contributed by atoms with Gasteiger partial charge < -0.3 is 11.1 Å². The topological polar surface area (TPSA) is 131 Å². The van der Waals surface area contributed by atoms with E-state index in [1.54, 1.807) is 48.9 Å². The number of rotatable bonds is 8. The number of hydrogen-bond donors (Lipinski definition) is 2. The third kappa shape index (κ3) is 4.78. The summed E-state index contributed by atoms with van der Waals surface area (Å²) in [7, 11) is -0.656. The highest BCUT2D eigenvalue weighted by atomic mass is 32.2. The minimum atomic E-state index is -3.61. The number of carbonyl (C=O) groups excluding carboxylic acids is 1. The lowest BCUT2D eigenvalue weighted by Crippen LogP contribution is -2.24. The number of nitrogens with one attached hydrogen (secondary N) is 1. The van der Waals surface area contributed by atoms with Gasteiger partial charge in [-0.05, 0) is 17.7 Å². The second kappa shape index (κ2) is 8.97. The van der Waals surface area contributed by atoms with E-state index < -0.39 is 15.9 Å². The number of carbonyl (C=O) groups is 1. The first-order chi connectivity index (χ1) is 14.3. The van der Waals surface area contributed by atoms with Crippen molar-refractivity contribution in [3.05, 3.63) is 77.6 Å². The highest BCUT2D eigenvalue weighted by Crippen LogP contribution is 2.22. The molecule has 3 aromatic rings. The summed E-state index contributed by atoms with van der Waals surface area (Å²) < 4.78 is 26.4. The molecule has 1 aromatic carbocycles. The minimum Gasteiger partial charge on any atom is -0.380 e. The Labute approximate surface area is 175 Å². The second-order valence-corrected chi connectivity index (χ2v) is 8.83. The van der Waals surface area contributed by atoms with Gasteiger partial charge in [0.1, 0.15) is 0 Å². The molecule has 3 N–H and O–H groups in total. The molecule has 2 heterocycles. The molecule has 9 nitrogen and oxygen atoms in total. The van der Waals surface area contributed by atoms with Crippen molar-refractivity contribution >= 4 is 21.6 Å². The third-order valence-corrected chi connectivity index (χ3v) is 6.32. The Hall–Kier alpha value is -3.37. The van der Waals surface area contributed by atoms with Crippen molar-refractivity contribution in [1.82, 2.24) is 19.3 Å². The van der Waals surface area contributed by atoms with Crippen molar-refractivity contribution in [2.75, 3.05) is 19.4 Å². The van der Waals surface area contributed by atoms with Gasteiger partial charge in [0.25, 0.3) is 5.91 Å². The fourth-order valence-corrected chi connectivity index (χ4v) is 3.95. The van der Waals surface area contributed by atoms with Crippen LogP contribution in [0.2, 0.25) is 0 Å². The molecule has 0 spiro atoms. The summed E-state index contributed by atoms with van der Waals surface area (Å²) >= 11 is 0. The third-order valence-electron chi connectivity index (χ3n) is 4.41. The fraction of sp³-hybridized carbons (Fsp3) is 0.200. The molecule has 0 unspecified atom stereocenters. The van der Waals surface area contributed by atoms with Crippen LogP contribution in [0.25, 0.3) is 0 Å². The molecule has 0 fully saturated rings. The number of hydrogen-bond acceptors (Lipinski definition) is 7. The molecule has 10 heteroatoms. The van der Waals surface area contributed by atoms with Gasteiger partial charge in [0.05, 0.1) is 21.8 Å². The van der Waals surface area contributed by atoms with Crippen LogP contribution in [-0.4, -0.2) is 47.7 Å². The SMILES string of the molecule is CN(C)S(=O)(=O)c1ccccc1CNc1cc(Cc2cnccn2)ncc1C(N)=O. The van der Waals surface area contributed by atoms with E-state index in [1.807, 2.05) is 0 Å². The summed E-state index contributed by atoms with van der Waals surface area (Å²) in [6, 6.07) is 8.40. The predicted octanol–water partition coefficient (Wildman–Crippen LogP) is 1.42. The molecule has 0 saturated carbocycles. The van der Waals surface area contributed by atoms with Crippen molar-refractivity contribution in [1.29, 1.82) is 0 Å². The van der Waals surface area contributed by atoms with Crippen LogP contribution in [0, 0.1) is 0 Å². The van der Waals surface area contributed by atoms with Crippen LogP contribution < -0.4 is 11.1 Å². The lowest BCUT2D eigenvalue weighted by atomic mass is 10.1. The predicted molar refractivity (Wildman–Crippen MR) is 112 cm³/mol. The average Bonchev–Trinajstić information content (AvgIpc) is 2.73. The summed E-state index contributed by atoms with van der Waals surface area (Å²) in [6.45, 7) is 0.179. The molecule has 0 radical (unpaired) electrons. The molecule has 156 valence electrons. The highest BCUT2D eigenvalue weighted by molar-refractivity contribution is 7.89. The highest BCUT2D eigenvalue weighted by Gasteiger charge is 2.21. The van der Waals surface area contributed by atoms with Crippen LogP contribution in [0.4, 0.5) is 5.69 Å². The first-order valence-electron chi connectivity index (χ1n) is 9.07. The normalized spacial score (nSPS) is 11.4. The van der Waals surface area contributed by atoms with Crippen LogP contribution in [0.15, 0.2) is 60.0 Å². The molecule has 0 atom stereocenters. The van der Waals surface area contributed by atoms with E-state index in [0.29, 0.717) is 23.4 Å². The summed E-state index contributed by atoms with van der Waals surface area (Å²) in [5.74, 6) is -0.634. The van der Waals surface area contributed by atoms with Gasteiger partial charge in [-0.15, -0.1) is 0 Å². The lowest BCUT2D eigenvalue weighted by Gasteiger charge is -2.17. The number of benzene rings is 1. The Morgan fingerprint density at radius 1 is 1.10 bits per heavy atom. The fourth-order valence-electron chi connectivity index (χ4n) is 2.83. The van der Waals surface area contributed by atoms with Gasteiger partial charge >= 0.3 is 0 Å². The molecule has 2 aromatic heterocycles. The molecule has 0 aliphatic heterocycles. The standard InChI is InChI=1S/C20H22N6O3S/c1-26(2)30(28,29)19-6-4-3-5-14(19)11-25-18-10-15(24-13-17(18)20(21)27)9-16-12-22-7-8-23-16/h3-8,10,12-13H,9,11H2,1-2H3,(H2,21,27)(H,24,25). The van der Waals surface area contributed by atoms with Crippen LogP contribution in [0.3, 0.4) is 0 Å². The summed E-state index contributed by atoms with van der Waals surface area (Å²) in [6.07, 6.45) is 6.64. The van der Waals surface area contributed by atoms with Gasteiger partial charge in [0.15, 0.2) is 0 Å². The maximum absolute atomic E-state index is 12.6. The van der Waals surface area contributed by atoms with Gasteiger partial charge in [-0.1, -0.05) is 18.2 Å². The van der Waals surface area contributed by atoms with E-state index in [-0.39, 0.29) is 17.0 Å². The van der Waals surface area contributed by atoms with Gasteiger partial charge in [0, 0.05) is 57.5 Å². The van der Waals surface area contributed by atoms with Gasteiger partial charge in [-0.3, -0.25) is 19.7 Å². The number of amides is 1. The maximum atomic E-state index is 12.6. The largest absolute Gasteiger partial charge is 0.380 e. The molecular weight excluding hydrogens is 404 g/mol.